The van der Waals surface area contributed by atoms with E-state index >= 15 is 0 Å². The first-order chi connectivity index (χ1) is 15.6. The average Bonchev–Trinajstić information content (AvgIpc) is 3.21. The van der Waals surface area contributed by atoms with Gasteiger partial charge >= 0.3 is 0 Å². The summed E-state index contributed by atoms with van der Waals surface area (Å²) in [6, 6.07) is 15.7. The molecule has 0 saturated carbocycles. The molecule has 4 rings (SSSR count). The van der Waals surface area contributed by atoms with Gasteiger partial charge in [-0.25, -0.2) is 0 Å². The van der Waals surface area contributed by atoms with Crippen LogP contribution in [0.15, 0.2) is 54.6 Å². The van der Waals surface area contributed by atoms with Crippen LogP contribution in [0.2, 0.25) is 0 Å². The Kier molecular flexibility index (Phi) is 6.27. The lowest BCUT2D eigenvalue weighted by molar-refractivity contribution is -0.133. The van der Waals surface area contributed by atoms with Gasteiger partial charge < -0.3 is 15.5 Å². The van der Waals surface area contributed by atoms with E-state index in [9.17, 15) is 14.4 Å². The molecule has 7 heteroatoms. The molecular formula is C26H31N3O3S. The maximum absolute atomic E-state index is 13.6. The molecule has 1 saturated heterocycles. The summed E-state index contributed by atoms with van der Waals surface area (Å²) in [6.45, 7) is 9.71. The molecule has 1 fully saturated rings. The van der Waals surface area contributed by atoms with Crippen LogP contribution >= 0.6 is 11.8 Å². The SMILES string of the molecule is CC(NC(=O)[C@@H](NC(=O)[C@H]1N2C(=O)c3ccccc3C2SC1(C)C)C(C)C)c1ccccc1. The van der Waals surface area contributed by atoms with Gasteiger partial charge in [-0.3, -0.25) is 14.4 Å². The lowest BCUT2D eigenvalue weighted by atomic mass is 9.97. The van der Waals surface area contributed by atoms with Crippen LogP contribution in [0.25, 0.3) is 0 Å². The van der Waals surface area contributed by atoms with Gasteiger partial charge in [0.1, 0.15) is 17.5 Å². The highest BCUT2D eigenvalue weighted by Gasteiger charge is 2.57. The monoisotopic (exact) mass is 465 g/mol. The molecule has 0 aromatic heterocycles. The molecule has 2 N–H and O–H groups in total. The van der Waals surface area contributed by atoms with Crippen LogP contribution in [0.4, 0.5) is 0 Å². The van der Waals surface area contributed by atoms with Crippen molar-refractivity contribution in [2.75, 3.05) is 0 Å². The van der Waals surface area contributed by atoms with E-state index in [4.69, 9.17) is 0 Å². The summed E-state index contributed by atoms with van der Waals surface area (Å²) >= 11 is 1.62. The predicted molar refractivity (Wildman–Crippen MR) is 131 cm³/mol. The Hall–Kier alpha value is -2.80. The molecule has 0 aliphatic carbocycles. The van der Waals surface area contributed by atoms with E-state index in [2.05, 4.69) is 10.6 Å². The molecule has 2 heterocycles. The van der Waals surface area contributed by atoms with Crippen LogP contribution in [0.3, 0.4) is 0 Å². The van der Waals surface area contributed by atoms with Crippen LogP contribution in [0, 0.1) is 5.92 Å². The van der Waals surface area contributed by atoms with Gasteiger partial charge in [0.05, 0.1) is 6.04 Å². The minimum absolute atomic E-state index is 0.114. The highest BCUT2D eigenvalue weighted by Crippen LogP contribution is 2.56. The summed E-state index contributed by atoms with van der Waals surface area (Å²) in [6.07, 6.45) is 0. The molecule has 33 heavy (non-hydrogen) atoms. The molecule has 0 bridgehead atoms. The third kappa shape index (κ3) is 4.26. The molecule has 2 aliphatic rings. The molecule has 2 aliphatic heterocycles. The smallest absolute Gasteiger partial charge is 0.256 e. The fraction of sp³-hybridized carbons (Fsp3) is 0.423. The van der Waals surface area contributed by atoms with Crippen LogP contribution in [-0.4, -0.2) is 39.5 Å². The van der Waals surface area contributed by atoms with E-state index in [1.54, 1.807) is 16.7 Å². The average molecular weight is 466 g/mol. The summed E-state index contributed by atoms with van der Waals surface area (Å²) in [4.78, 5) is 41.6. The van der Waals surface area contributed by atoms with Crippen molar-refractivity contribution < 1.29 is 14.4 Å². The zero-order valence-corrected chi connectivity index (χ0v) is 20.5. The van der Waals surface area contributed by atoms with Gasteiger partial charge in [0.15, 0.2) is 0 Å². The third-order valence-corrected chi connectivity index (χ3v) is 7.99. The maximum Gasteiger partial charge on any atom is 0.256 e. The Labute approximate surface area is 199 Å². The number of carbonyl (C=O) groups excluding carboxylic acids is 3. The number of hydrogen-bond acceptors (Lipinski definition) is 4. The van der Waals surface area contributed by atoms with Gasteiger partial charge in [-0.1, -0.05) is 62.4 Å². The van der Waals surface area contributed by atoms with E-state index in [-0.39, 0.29) is 35.1 Å². The fourth-order valence-electron chi connectivity index (χ4n) is 4.70. The Bertz CT molecular complexity index is 1070. The molecule has 3 amide bonds. The largest absolute Gasteiger partial charge is 0.348 e. The van der Waals surface area contributed by atoms with Crippen molar-refractivity contribution in [2.24, 2.45) is 5.92 Å². The summed E-state index contributed by atoms with van der Waals surface area (Å²) in [5, 5.41) is 5.81. The molecule has 2 unspecified atom stereocenters. The topological polar surface area (TPSA) is 78.5 Å². The van der Waals surface area contributed by atoms with E-state index in [1.165, 1.54) is 0 Å². The number of nitrogens with one attached hydrogen (secondary N) is 2. The molecule has 2 aromatic rings. The number of benzene rings is 2. The normalized spacial score (nSPS) is 22.5. The zero-order chi connectivity index (χ0) is 23.9. The Balaban J connectivity index is 1.53. The lowest BCUT2D eigenvalue weighted by Crippen LogP contribution is -2.58. The maximum atomic E-state index is 13.6. The minimum atomic E-state index is -0.705. The van der Waals surface area contributed by atoms with E-state index in [0.29, 0.717) is 5.56 Å². The number of fused-ring (bicyclic) bond motifs is 3. The molecule has 2 aromatic carbocycles. The number of thioether (sulfide) groups is 1. The highest BCUT2D eigenvalue weighted by molar-refractivity contribution is 8.01. The van der Waals surface area contributed by atoms with Crippen molar-refractivity contribution >= 4 is 29.5 Å². The molecule has 6 nitrogen and oxygen atoms in total. The van der Waals surface area contributed by atoms with Crippen molar-refractivity contribution in [2.45, 2.75) is 62.9 Å². The third-order valence-electron chi connectivity index (χ3n) is 6.45. The van der Waals surface area contributed by atoms with E-state index in [1.807, 2.05) is 89.2 Å². The van der Waals surface area contributed by atoms with Crippen LogP contribution in [0.1, 0.15) is 67.5 Å². The van der Waals surface area contributed by atoms with Crippen molar-refractivity contribution in [1.29, 1.82) is 0 Å². The quantitative estimate of drug-likeness (QED) is 0.675. The second-order valence-electron chi connectivity index (χ2n) is 9.65. The standard InChI is InChI=1S/C26H31N3O3S/c1-15(2)20(22(30)27-16(3)17-11-7-6-8-12-17)28-23(31)21-26(4,5)33-25-19-14-10-9-13-18(19)24(32)29(21)25/h6-16,20-21,25H,1-5H3,(H,27,30)(H,28,31)/t16?,20-,21+,25?/m0/s1. The molecule has 0 radical (unpaired) electrons. The molecule has 4 atom stereocenters. The van der Waals surface area contributed by atoms with Gasteiger partial charge in [0.25, 0.3) is 5.91 Å². The predicted octanol–water partition coefficient (Wildman–Crippen LogP) is 4.05. The van der Waals surface area contributed by atoms with Gasteiger partial charge in [0, 0.05) is 10.3 Å². The first-order valence-corrected chi connectivity index (χ1v) is 12.2. The minimum Gasteiger partial charge on any atom is -0.348 e. The Morgan fingerprint density at radius 2 is 1.61 bits per heavy atom. The number of rotatable bonds is 6. The summed E-state index contributed by atoms with van der Waals surface area (Å²) in [5.41, 5.74) is 2.60. The number of nitrogens with zero attached hydrogens (tertiary/aromatic N) is 1. The van der Waals surface area contributed by atoms with Gasteiger partial charge in [-0.15, -0.1) is 11.8 Å². The first kappa shape index (κ1) is 23.4. The highest BCUT2D eigenvalue weighted by atomic mass is 32.2. The summed E-state index contributed by atoms with van der Waals surface area (Å²) < 4.78 is -0.493. The van der Waals surface area contributed by atoms with Crippen LogP contribution in [-0.2, 0) is 9.59 Å². The van der Waals surface area contributed by atoms with Crippen LogP contribution in [0.5, 0.6) is 0 Å². The zero-order valence-electron chi connectivity index (χ0n) is 19.7. The van der Waals surface area contributed by atoms with Gasteiger partial charge in [-0.2, -0.15) is 0 Å². The lowest BCUT2D eigenvalue weighted by Gasteiger charge is -2.32. The first-order valence-electron chi connectivity index (χ1n) is 11.4. The Morgan fingerprint density at radius 1 is 0.970 bits per heavy atom. The van der Waals surface area contributed by atoms with Crippen LogP contribution < -0.4 is 10.6 Å². The molecule has 0 spiro atoms. The van der Waals surface area contributed by atoms with E-state index < -0.39 is 16.8 Å². The molecular weight excluding hydrogens is 434 g/mol. The molecule has 174 valence electrons. The van der Waals surface area contributed by atoms with Crippen molar-refractivity contribution in [1.82, 2.24) is 15.5 Å². The van der Waals surface area contributed by atoms with Crippen molar-refractivity contribution in [3.05, 3.63) is 71.3 Å². The van der Waals surface area contributed by atoms with Gasteiger partial charge in [-0.05, 0) is 43.9 Å². The summed E-state index contributed by atoms with van der Waals surface area (Å²) in [7, 11) is 0. The number of amides is 3. The Morgan fingerprint density at radius 3 is 2.27 bits per heavy atom. The number of hydrogen-bond donors (Lipinski definition) is 2. The summed E-state index contributed by atoms with van der Waals surface area (Å²) in [5.74, 6) is -0.767. The van der Waals surface area contributed by atoms with E-state index in [0.717, 1.165) is 11.1 Å². The second-order valence-corrected chi connectivity index (χ2v) is 11.4. The van der Waals surface area contributed by atoms with Gasteiger partial charge in [0.2, 0.25) is 11.8 Å². The van der Waals surface area contributed by atoms with Crippen molar-refractivity contribution in [3.8, 4) is 0 Å². The van der Waals surface area contributed by atoms with Crippen molar-refractivity contribution in [3.63, 3.8) is 0 Å². The second kappa shape index (κ2) is 8.86. The number of carbonyl (C=O) groups is 3. The fourth-order valence-corrected chi connectivity index (χ4v) is 6.29.